The van der Waals surface area contributed by atoms with Crippen molar-refractivity contribution in [2.24, 2.45) is 0 Å². The average Bonchev–Trinajstić information content (AvgIpc) is 3.52. The zero-order chi connectivity index (χ0) is 35.0. The van der Waals surface area contributed by atoms with Crippen LogP contribution in [0.25, 0.3) is 0 Å². The summed E-state index contributed by atoms with van der Waals surface area (Å²) < 4.78 is 51.4. The molecular formula is C42H46NO7P. The molecule has 1 aliphatic rings. The monoisotopic (exact) mass is 707 g/mol. The molecule has 0 bridgehead atoms. The van der Waals surface area contributed by atoms with E-state index in [1.165, 1.54) is 0 Å². The molecule has 0 aromatic heterocycles. The first-order valence-electron chi connectivity index (χ1n) is 17.4. The second-order valence-electron chi connectivity index (χ2n) is 12.5. The van der Waals surface area contributed by atoms with E-state index in [1.54, 1.807) is 0 Å². The van der Waals surface area contributed by atoms with Gasteiger partial charge in [0.25, 0.3) is 0 Å². The van der Waals surface area contributed by atoms with Gasteiger partial charge in [0.1, 0.15) is 6.10 Å². The zero-order valence-electron chi connectivity index (χ0n) is 28.8. The minimum Gasteiger partial charge on any atom is -0.375 e. The summed E-state index contributed by atoms with van der Waals surface area (Å²) in [4.78, 5) is 2.25. The lowest BCUT2D eigenvalue weighted by atomic mass is 10.1. The van der Waals surface area contributed by atoms with Crippen LogP contribution in [0.15, 0.2) is 152 Å². The Kier molecular flexibility index (Phi) is 14.2. The maximum atomic E-state index is 14.0. The number of phosphoric acid groups is 1. The van der Waals surface area contributed by atoms with Crippen LogP contribution in [0, 0.1) is 0 Å². The van der Waals surface area contributed by atoms with Crippen molar-refractivity contribution in [2.75, 3.05) is 26.3 Å². The molecule has 0 unspecified atom stereocenters. The highest BCUT2D eigenvalue weighted by Crippen LogP contribution is 2.51. The fraction of sp³-hybridized carbons (Fsp3) is 0.286. The van der Waals surface area contributed by atoms with Crippen molar-refractivity contribution in [3.8, 4) is 0 Å². The Morgan fingerprint density at radius 3 is 1.39 bits per heavy atom. The number of benzene rings is 5. The van der Waals surface area contributed by atoms with E-state index in [-0.39, 0.29) is 38.1 Å². The largest absolute Gasteiger partial charge is 0.475 e. The number of hydrogen-bond acceptors (Lipinski definition) is 8. The highest BCUT2D eigenvalue weighted by atomic mass is 31.2. The van der Waals surface area contributed by atoms with Gasteiger partial charge in [-0.1, -0.05) is 152 Å². The van der Waals surface area contributed by atoms with E-state index in [1.807, 2.05) is 115 Å². The molecule has 0 amide bonds. The van der Waals surface area contributed by atoms with Crippen LogP contribution in [-0.4, -0.2) is 49.5 Å². The smallest absolute Gasteiger partial charge is 0.375 e. The van der Waals surface area contributed by atoms with Crippen molar-refractivity contribution >= 4 is 7.82 Å². The molecule has 0 aliphatic carbocycles. The molecular weight excluding hydrogens is 661 g/mol. The van der Waals surface area contributed by atoms with Crippen molar-refractivity contribution < 1.29 is 32.3 Å². The third-order valence-electron chi connectivity index (χ3n) is 8.71. The third kappa shape index (κ3) is 11.8. The summed E-state index contributed by atoms with van der Waals surface area (Å²) in [6.45, 7) is 3.07. The maximum absolute atomic E-state index is 14.0. The molecule has 1 fully saturated rings. The molecule has 3 atom stereocenters. The molecule has 6 rings (SSSR count). The van der Waals surface area contributed by atoms with Crippen LogP contribution >= 0.6 is 7.82 Å². The molecule has 0 radical (unpaired) electrons. The molecule has 0 spiro atoms. The summed E-state index contributed by atoms with van der Waals surface area (Å²) in [6.07, 6.45) is -0.533. The Labute approximate surface area is 301 Å². The molecule has 1 saturated heterocycles. The summed E-state index contributed by atoms with van der Waals surface area (Å²) in [5.74, 6) is 0. The van der Waals surface area contributed by atoms with Gasteiger partial charge in [-0.05, 0) is 27.8 Å². The number of rotatable bonds is 20. The second-order valence-corrected chi connectivity index (χ2v) is 14.1. The van der Waals surface area contributed by atoms with Gasteiger partial charge < -0.3 is 14.2 Å². The fourth-order valence-corrected chi connectivity index (χ4v) is 7.15. The Balaban J connectivity index is 1.16. The molecule has 8 nitrogen and oxygen atoms in total. The van der Waals surface area contributed by atoms with E-state index in [4.69, 9.17) is 27.8 Å². The highest BCUT2D eigenvalue weighted by molar-refractivity contribution is 7.48. The predicted octanol–water partition coefficient (Wildman–Crippen LogP) is 8.62. The minimum absolute atomic E-state index is 0.0946. The fourth-order valence-electron chi connectivity index (χ4n) is 6.00. The van der Waals surface area contributed by atoms with Crippen molar-refractivity contribution in [1.29, 1.82) is 0 Å². The van der Waals surface area contributed by atoms with Crippen LogP contribution in [0.1, 0.15) is 27.8 Å². The van der Waals surface area contributed by atoms with Crippen molar-refractivity contribution in [3.05, 3.63) is 179 Å². The summed E-state index contributed by atoms with van der Waals surface area (Å²) in [5.41, 5.74) is 5.01. The molecule has 5 aromatic rings. The van der Waals surface area contributed by atoms with Crippen LogP contribution in [0.3, 0.4) is 0 Å². The van der Waals surface area contributed by atoms with Gasteiger partial charge in [0, 0.05) is 13.1 Å². The van der Waals surface area contributed by atoms with E-state index in [9.17, 15) is 4.57 Å². The lowest BCUT2D eigenvalue weighted by Crippen LogP contribution is -2.42. The van der Waals surface area contributed by atoms with Gasteiger partial charge in [-0.15, -0.1) is 0 Å². The molecule has 1 aliphatic heterocycles. The van der Waals surface area contributed by atoms with Gasteiger partial charge >= 0.3 is 7.82 Å². The van der Waals surface area contributed by atoms with Gasteiger partial charge in [-0.2, -0.15) is 0 Å². The van der Waals surface area contributed by atoms with Gasteiger partial charge in [0.05, 0.1) is 58.4 Å². The second kappa shape index (κ2) is 19.6. The summed E-state index contributed by atoms with van der Waals surface area (Å²) in [5, 5.41) is 0. The first-order chi connectivity index (χ1) is 25.1. The topological polar surface area (TPSA) is 75.7 Å². The van der Waals surface area contributed by atoms with E-state index in [0.717, 1.165) is 27.8 Å². The molecule has 0 saturated carbocycles. The Morgan fingerprint density at radius 2 is 0.922 bits per heavy atom. The van der Waals surface area contributed by atoms with E-state index in [2.05, 4.69) is 41.3 Å². The number of phosphoric ester groups is 1. The van der Waals surface area contributed by atoms with Crippen LogP contribution in [0.5, 0.6) is 0 Å². The van der Waals surface area contributed by atoms with Crippen LogP contribution < -0.4 is 0 Å². The number of ether oxygens (including phenoxy) is 3. The Morgan fingerprint density at radius 1 is 0.510 bits per heavy atom. The molecule has 51 heavy (non-hydrogen) atoms. The quantitative estimate of drug-likeness (QED) is 0.0745. The maximum Gasteiger partial charge on any atom is 0.475 e. The molecule has 0 N–H and O–H groups in total. The van der Waals surface area contributed by atoms with Crippen molar-refractivity contribution in [2.45, 2.75) is 51.3 Å². The Bertz CT molecular complexity index is 1690. The number of hydrogen-bond donors (Lipinski definition) is 0. The SMILES string of the molecule is O=P(OCCN1C[C@@H](OCc2ccccc2)[C@H](OCc2ccccc2)[C@H]1COCc1ccccc1)(OCc1ccccc1)OCc1ccccc1. The Hall–Kier alpha value is -3.95. The molecule has 9 heteroatoms. The van der Waals surface area contributed by atoms with Gasteiger partial charge in [0.15, 0.2) is 0 Å². The summed E-state index contributed by atoms with van der Waals surface area (Å²) in [7, 11) is -3.94. The molecule has 1 heterocycles. The third-order valence-corrected chi connectivity index (χ3v) is 10.1. The normalized spacial score (nSPS) is 17.8. The van der Waals surface area contributed by atoms with Gasteiger partial charge in [-0.3, -0.25) is 18.5 Å². The lowest BCUT2D eigenvalue weighted by molar-refractivity contribution is -0.0819. The van der Waals surface area contributed by atoms with E-state index < -0.39 is 7.82 Å². The summed E-state index contributed by atoms with van der Waals surface area (Å²) in [6, 6.07) is 49.4. The highest BCUT2D eigenvalue weighted by Gasteiger charge is 2.44. The van der Waals surface area contributed by atoms with Crippen LogP contribution in [0.4, 0.5) is 0 Å². The van der Waals surface area contributed by atoms with Crippen molar-refractivity contribution in [1.82, 2.24) is 4.90 Å². The minimum atomic E-state index is -3.94. The zero-order valence-corrected chi connectivity index (χ0v) is 29.7. The van der Waals surface area contributed by atoms with Crippen LogP contribution in [-0.2, 0) is 65.4 Å². The molecule has 266 valence electrons. The predicted molar refractivity (Wildman–Crippen MR) is 198 cm³/mol. The number of nitrogens with zero attached hydrogens (tertiary/aromatic N) is 1. The number of likely N-dealkylation sites (tertiary alicyclic amines) is 1. The van der Waals surface area contributed by atoms with E-state index >= 15 is 0 Å². The van der Waals surface area contributed by atoms with Crippen LogP contribution in [0.2, 0.25) is 0 Å². The standard InChI is InChI=1S/C42H46NO7P/c44-51(49-32-38-22-12-4-13-23-38,50-33-39-24-14-5-15-25-39)48-27-26-43-28-41(46-30-36-18-8-2-9-19-36)42(47-31-37-20-10-3-11-21-37)40(43)34-45-29-35-16-6-1-7-17-35/h1-25,40-42H,26-34H2/t40-,41-,42-/m1/s1. The summed E-state index contributed by atoms with van der Waals surface area (Å²) >= 11 is 0. The van der Waals surface area contributed by atoms with Crippen molar-refractivity contribution in [3.63, 3.8) is 0 Å². The van der Waals surface area contributed by atoms with E-state index in [0.29, 0.717) is 39.5 Å². The van der Waals surface area contributed by atoms with Gasteiger partial charge in [0.2, 0.25) is 0 Å². The van der Waals surface area contributed by atoms with Gasteiger partial charge in [-0.25, -0.2) is 4.57 Å². The first kappa shape index (κ1) is 36.8. The average molecular weight is 708 g/mol. The molecule has 5 aromatic carbocycles. The lowest BCUT2D eigenvalue weighted by Gasteiger charge is -2.29. The first-order valence-corrected chi connectivity index (χ1v) is 18.9.